The van der Waals surface area contributed by atoms with Crippen molar-refractivity contribution in [3.8, 4) is 5.75 Å². The minimum Gasteiger partial charge on any atom is -0.492 e. The molecule has 4 rings (SSSR count). The third-order valence-electron chi connectivity index (χ3n) is 4.84. The molecule has 122 valence electrons. The van der Waals surface area contributed by atoms with Crippen LogP contribution in [0.4, 0.5) is 0 Å². The van der Waals surface area contributed by atoms with Gasteiger partial charge in [-0.05, 0) is 19.1 Å². The van der Waals surface area contributed by atoms with Crippen molar-refractivity contribution in [2.24, 2.45) is 0 Å². The van der Waals surface area contributed by atoms with Gasteiger partial charge in [0.15, 0.2) is 0 Å². The van der Waals surface area contributed by atoms with Crippen molar-refractivity contribution in [1.29, 1.82) is 0 Å². The Balaban J connectivity index is 1.20. The van der Waals surface area contributed by atoms with Crippen molar-refractivity contribution < 1.29 is 4.74 Å². The van der Waals surface area contributed by atoms with Crippen molar-refractivity contribution in [3.05, 3.63) is 42.0 Å². The van der Waals surface area contributed by atoms with Crippen LogP contribution in [0.15, 0.2) is 30.3 Å². The number of aryl methyl sites for hydroxylation is 1. The van der Waals surface area contributed by atoms with E-state index >= 15 is 0 Å². The number of hydrogen-bond donors (Lipinski definition) is 0. The lowest BCUT2D eigenvalue weighted by Gasteiger charge is -2.46. The molecule has 1 saturated heterocycles. The van der Waals surface area contributed by atoms with Gasteiger partial charge in [0.25, 0.3) is 0 Å². The highest BCUT2D eigenvalue weighted by Gasteiger charge is 2.34. The van der Waals surface area contributed by atoms with Crippen LogP contribution in [0.2, 0.25) is 0 Å². The summed E-state index contributed by atoms with van der Waals surface area (Å²) in [7, 11) is 0. The zero-order chi connectivity index (χ0) is 15.6. The summed E-state index contributed by atoms with van der Waals surface area (Å²) in [5, 5.41) is 8.47. The van der Waals surface area contributed by atoms with Crippen LogP contribution >= 0.6 is 0 Å². The molecule has 0 aliphatic carbocycles. The van der Waals surface area contributed by atoms with Crippen LogP contribution in [0.1, 0.15) is 11.6 Å². The summed E-state index contributed by atoms with van der Waals surface area (Å²) in [6.07, 6.45) is 0. The maximum atomic E-state index is 5.77. The largest absolute Gasteiger partial charge is 0.492 e. The lowest BCUT2D eigenvalue weighted by molar-refractivity contribution is 0.0113. The predicted octanol–water partition coefficient (Wildman–Crippen LogP) is 1.17. The number of likely N-dealkylation sites (tertiary alicyclic amines) is 1. The van der Waals surface area contributed by atoms with E-state index in [1.54, 1.807) is 0 Å². The number of aromatic nitrogens is 3. The average molecular weight is 313 g/mol. The highest BCUT2D eigenvalue weighted by molar-refractivity contribution is 5.20. The summed E-state index contributed by atoms with van der Waals surface area (Å²) in [5.74, 6) is 3.10. The third kappa shape index (κ3) is 3.09. The van der Waals surface area contributed by atoms with E-state index in [2.05, 4.69) is 24.6 Å². The van der Waals surface area contributed by atoms with Gasteiger partial charge in [0.1, 0.15) is 24.0 Å². The fraction of sp³-hybridized carbons (Fsp3) is 0.529. The summed E-state index contributed by atoms with van der Waals surface area (Å²) in [6.45, 7) is 9.09. The highest BCUT2D eigenvalue weighted by atomic mass is 16.5. The lowest BCUT2D eigenvalue weighted by atomic mass is 10.1. The molecule has 1 aromatic carbocycles. The minimum atomic E-state index is 0.650. The molecular formula is C17H23N5O. The quantitative estimate of drug-likeness (QED) is 0.829. The molecule has 0 radical (unpaired) electrons. The summed E-state index contributed by atoms with van der Waals surface area (Å²) >= 11 is 0. The number of fused-ring (bicyclic) bond motifs is 1. The van der Waals surface area contributed by atoms with E-state index in [9.17, 15) is 0 Å². The molecule has 2 aromatic rings. The molecule has 0 unspecified atom stereocenters. The van der Waals surface area contributed by atoms with Crippen LogP contribution in [-0.2, 0) is 13.1 Å². The van der Waals surface area contributed by atoms with Gasteiger partial charge in [-0.15, -0.1) is 10.2 Å². The fourth-order valence-electron chi connectivity index (χ4n) is 3.40. The Labute approximate surface area is 136 Å². The Morgan fingerprint density at radius 3 is 2.78 bits per heavy atom. The zero-order valence-electron chi connectivity index (χ0n) is 13.6. The number of benzene rings is 1. The van der Waals surface area contributed by atoms with Crippen LogP contribution in [0, 0.1) is 6.92 Å². The van der Waals surface area contributed by atoms with Crippen molar-refractivity contribution >= 4 is 0 Å². The first kappa shape index (κ1) is 14.7. The van der Waals surface area contributed by atoms with Gasteiger partial charge in [0.05, 0.1) is 6.54 Å². The molecule has 2 aliphatic heterocycles. The second-order valence-corrected chi connectivity index (χ2v) is 6.36. The van der Waals surface area contributed by atoms with Crippen LogP contribution in [0.25, 0.3) is 0 Å². The van der Waals surface area contributed by atoms with Crippen LogP contribution < -0.4 is 4.74 Å². The molecule has 6 nitrogen and oxygen atoms in total. The standard InChI is InChI=1S/C17H23N5O/c1-14-18-19-17-13-21(7-8-22(14)17)15-11-20(12-15)9-10-23-16-5-3-2-4-6-16/h2-6,15H,7-13H2,1H3. The monoisotopic (exact) mass is 313 g/mol. The Bertz CT molecular complexity index is 650. The van der Waals surface area contributed by atoms with E-state index in [-0.39, 0.29) is 0 Å². The Morgan fingerprint density at radius 1 is 1.13 bits per heavy atom. The van der Waals surface area contributed by atoms with Gasteiger partial charge in [-0.25, -0.2) is 0 Å². The van der Waals surface area contributed by atoms with Gasteiger partial charge in [-0.2, -0.15) is 0 Å². The Morgan fingerprint density at radius 2 is 1.96 bits per heavy atom. The van der Waals surface area contributed by atoms with E-state index in [4.69, 9.17) is 4.74 Å². The molecule has 1 fully saturated rings. The number of rotatable bonds is 5. The summed E-state index contributed by atoms with van der Waals surface area (Å²) in [4.78, 5) is 5.00. The maximum Gasteiger partial charge on any atom is 0.147 e. The summed E-state index contributed by atoms with van der Waals surface area (Å²) < 4.78 is 8.00. The minimum absolute atomic E-state index is 0.650. The molecule has 2 aliphatic rings. The van der Waals surface area contributed by atoms with Gasteiger partial charge in [-0.1, -0.05) is 18.2 Å². The number of para-hydroxylation sites is 1. The highest BCUT2D eigenvalue weighted by Crippen LogP contribution is 2.20. The zero-order valence-corrected chi connectivity index (χ0v) is 13.6. The second-order valence-electron chi connectivity index (χ2n) is 6.36. The fourth-order valence-corrected chi connectivity index (χ4v) is 3.40. The molecule has 23 heavy (non-hydrogen) atoms. The van der Waals surface area contributed by atoms with Crippen molar-refractivity contribution in [2.75, 3.05) is 32.8 Å². The first-order chi connectivity index (χ1) is 11.3. The molecule has 0 bridgehead atoms. The van der Waals surface area contributed by atoms with E-state index in [1.807, 2.05) is 37.3 Å². The van der Waals surface area contributed by atoms with Gasteiger partial charge in [0.2, 0.25) is 0 Å². The second kappa shape index (κ2) is 6.29. The van der Waals surface area contributed by atoms with Crippen molar-refractivity contribution in [2.45, 2.75) is 26.1 Å². The molecule has 6 heteroatoms. The molecule has 0 amide bonds. The smallest absolute Gasteiger partial charge is 0.147 e. The topological polar surface area (TPSA) is 46.4 Å². The predicted molar refractivity (Wildman–Crippen MR) is 87.3 cm³/mol. The summed E-state index contributed by atoms with van der Waals surface area (Å²) in [6, 6.07) is 10.7. The first-order valence-corrected chi connectivity index (χ1v) is 8.32. The number of nitrogens with zero attached hydrogens (tertiary/aromatic N) is 5. The lowest BCUT2D eigenvalue weighted by Crippen LogP contribution is -2.61. The molecule has 1 aromatic heterocycles. The van der Waals surface area contributed by atoms with Crippen molar-refractivity contribution in [3.63, 3.8) is 0 Å². The van der Waals surface area contributed by atoms with Crippen molar-refractivity contribution in [1.82, 2.24) is 24.6 Å². The van der Waals surface area contributed by atoms with Crippen LogP contribution in [-0.4, -0.2) is 63.4 Å². The molecule has 0 saturated carbocycles. The average Bonchev–Trinajstić information content (AvgIpc) is 2.91. The van der Waals surface area contributed by atoms with E-state index in [0.29, 0.717) is 6.04 Å². The molecule has 0 N–H and O–H groups in total. The molecule has 0 atom stereocenters. The molecule has 3 heterocycles. The molecular weight excluding hydrogens is 290 g/mol. The van der Waals surface area contributed by atoms with Gasteiger partial charge in [-0.3, -0.25) is 9.80 Å². The third-order valence-corrected chi connectivity index (χ3v) is 4.84. The van der Waals surface area contributed by atoms with Gasteiger partial charge < -0.3 is 9.30 Å². The first-order valence-electron chi connectivity index (χ1n) is 8.32. The Kier molecular flexibility index (Phi) is 4.01. The normalized spacial score (nSPS) is 19.3. The SMILES string of the molecule is Cc1nnc2n1CCN(C1CN(CCOc3ccccc3)C1)C2. The van der Waals surface area contributed by atoms with Gasteiger partial charge in [0, 0.05) is 38.8 Å². The molecule has 0 spiro atoms. The summed E-state index contributed by atoms with van der Waals surface area (Å²) in [5.41, 5.74) is 0. The number of hydrogen-bond acceptors (Lipinski definition) is 5. The number of ether oxygens (including phenoxy) is 1. The Hall–Kier alpha value is -1.92. The van der Waals surface area contributed by atoms with E-state index in [0.717, 1.165) is 63.3 Å². The van der Waals surface area contributed by atoms with Crippen LogP contribution in [0.3, 0.4) is 0 Å². The maximum absolute atomic E-state index is 5.77. The van der Waals surface area contributed by atoms with E-state index in [1.165, 1.54) is 0 Å². The van der Waals surface area contributed by atoms with E-state index < -0.39 is 0 Å². The van der Waals surface area contributed by atoms with Crippen LogP contribution in [0.5, 0.6) is 5.75 Å². The van der Waals surface area contributed by atoms with Gasteiger partial charge >= 0.3 is 0 Å².